The molecule has 0 aliphatic heterocycles. The second kappa shape index (κ2) is 9.51. The summed E-state index contributed by atoms with van der Waals surface area (Å²) in [5.41, 5.74) is 4.63. The van der Waals surface area contributed by atoms with Gasteiger partial charge in [0.05, 0.1) is 5.75 Å². The highest BCUT2D eigenvalue weighted by Crippen LogP contribution is 2.31. The third-order valence-electron chi connectivity index (χ3n) is 5.51. The predicted molar refractivity (Wildman–Crippen MR) is 119 cm³/mol. The van der Waals surface area contributed by atoms with E-state index < -0.39 is 0 Å². The molecule has 4 rings (SSSR count). The molecule has 0 bridgehead atoms. The smallest absolute Gasteiger partial charge is 0.234 e. The van der Waals surface area contributed by atoms with Gasteiger partial charge >= 0.3 is 0 Å². The zero-order valence-corrected chi connectivity index (χ0v) is 18.5. The highest BCUT2D eigenvalue weighted by Gasteiger charge is 2.16. The number of nitrogens with one attached hydrogen (secondary N) is 1. The lowest BCUT2D eigenvalue weighted by Crippen LogP contribution is -2.14. The third-order valence-corrected chi connectivity index (χ3v) is 6.53. The Hall–Kier alpha value is -2.87. The van der Waals surface area contributed by atoms with Crippen molar-refractivity contribution in [2.24, 2.45) is 7.05 Å². The first kappa shape index (κ1) is 21.4. The van der Waals surface area contributed by atoms with Crippen LogP contribution in [0.3, 0.4) is 0 Å². The second-order valence-corrected chi connectivity index (χ2v) is 8.57. The van der Waals surface area contributed by atoms with Crippen molar-refractivity contribution in [1.82, 2.24) is 14.8 Å². The van der Waals surface area contributed by atoms with Crippen molar-refractivity contribution in [3.05, 3.63) is 64.7 Å². The summed E-state index contributed by atoms with van der Waals surface area (Å²) in [7, 11) is 1.86. The molecule has 1 heterocycles. The van der Waals surface area contributed by atoms with E-state index in [1.807, 2.05) is 17.7 Å². The van der Waals surface area contributed by atoms with E-state index in [1.54, 1.807) is 0 Å². The Morgan fingerprint density at radius 3 is 2.74 bits per heavy atom. The van der Waals surface area contributed by atoms with Crippen LogP contribution in [0.2, 0.25) is 0 Å². The summed E-state index contributed by atoms with van der Waals surface area (Å²) >= 11 is 1.29. The number of rotatable bonds is 7. The van der Waals surface area contributed by atoms with Gasteiger partial charge in [0, 0.05) is 12.7 Å². The summed E-state index contributed by atoms with van der Waals surface area (Å²) in [5, 5.41) is 11.8. The average Bonchev–Trinajstić information content (AvgIpc) is 3.13. The zero-order valence-electron chi connectivity index (χ0n) is 17.7. The topological polar surface area (TPSA) is 69.0 Å². The Bertz CT molecular complexity index is 1080. The Morgan fingerprint density at radius 2 is 1.94 bits per heavy atom. The Kier molecular flexibility index (Phi) is 6.56. The first-order valence-corrected chi connectivity index (χ1v) is 11.3. The molecule has 1 N–H and O–H groups in total. The Balaban J connectivity index is 1.33. The molecule has 1 aliphatic carbocycles. The van der Waals surface area contributed by atoms with Gasteiger partial charge in [-0.1, -0.05) is 17.8 Å². The van der Waals surface area contributed by atoms with E-state index in [1.165, 1.54) is 65.6 Å². The number of amides is 1. The molecule has 0 atom stereocenters. The highest BCUT2D eigenvalue weighted by molar-refractivity contribution is 7.99. The van der Waals surface area contributed by atoms with Crippen LogP contribution in [0.25, 0.3) is 0 Å². The van der Waals surface area contributed by atoms with Crippen molar-refractivity contribution < 1.29 is 13.9 Å². The number of benzene rings is 2. The minimum absolute atomic E-state index is 0.175. The SMILES string of the molecule is Cc1c(OCc2nnc(SCC(=O)Nc3ccc(F)cc3)n2C)ccc2c1CCCC2. The van der Waals surface area contributed by atoms with Crippen LogP contribution in [-0.2, 0) is 31.3 Å². The first-order valence-electron chi connectivity index (χ1n) is 10.3. The van der Waals surface area contributed by atoms with Gasteiger partial charge in [-0.25, -0.2) is 4.39 Å². The fourth-order valence-corrected chi connectivity index (χ4v) is 4.48. The normalized spacial score (nSPS) is 13.0. The molecule has 0 spiro atoms. The zero-order chi connectivity index (χ0) is 21.8. The van der Waals surface area contributed by atoms with E-state index >= 15 is 0 Å². The van der Waals surface area contributed by atoms with Crippen molar-refractivity contribution in [2.45, 2.75) is 44.4 Å². The van der Waals surface area contributed by atoms with E-state index in [9.17, 15) is 9.18 Å². The van der Waals surface area contributed by atoms with Crippen molar-refractivity contribution in [3.8, 4) is 5.75 Å². The van der Waals surface area contributed by atoms with E-state index in [4.69, 9.17) is 4.74 Å². The predicted octanol–water partition coefficient (Wildman–Crippen LogP) is 4.45. The number of halogens is 1. The molecule has 1 amide bonds. The van der Waals surface area contributed by atoms with Crippen molar-refractivity contribution >= 4 is 23.4 Å². The summed E-state index contributed by atoms with van der Waals surface area (Å²) in [5.74, 6) is 1.22. The van der Waals surface area contributed by atoms with Crippen LogP contribution >= 0.6 is 11.8 Å². The number of hydrogen-bond acceptors (Lipinski definition) is 5. The van der Waals surface area contributed by atoms with Crippen LogP contribution < -0.4 is 10.1 Å². The monoisotopic (exact) mass is 440 g/mol. The highest BCUT2D eigenvalue weighted by atomic mass is 32.2. The van der Waals surface area contributed by atoms with Crippen LogP contribution in [0.5, 0.6) is 5.75 Å². The number of hydrogen-bond donors (Lipinski definition) is 1. The molecule has 8 heteroatoms. The fraction of sp³-hybridized carbons (Fsp3) is 0.348. The van der Waals surface area contributed by atoms with Crippen LogP contribution in [0, 0.1) is 12.7 Å². The maximum absolute atomic E-state index is 13.0. The molecule has 0 unspecified atom stereocenters. The van der Waals surface area contributed by atoms with Crippen LogP contribution in [0.15, 0.2) is 41.6 Å². The number of carbonyl (C=O) groups excluding carboxylic acids is 1. The number of aromatic nitrogens is 3. The van der Waals surface area contributed by atoms with Crippen LogP contribution in [0.4, 0.5) is 10.1 Å². The molecular weight excluding hydrogens is 415 g/mol. The van der Waals surface area contributed by atoms with Gasteiger partial charge in [0.15, 0.2) is 11.0 Å². The van der Waals surface area contributed by atoms with Crippen molar-refractivity contribution in [1.29, 1.82) is 0 Å². The molecule has 1 aliphatic rings. The van der Waals surface area contributed by atoms with Gasteiger partial charge in [-0.15, -0.1) is 10.2 Å². The average molecular weight is 441 g/mol. The van der Waals surface area contributed by atoms with E-state index in [0.717, 1.165) is 18.6 Å². The summed E-state index contributed by atoms with van der Waals surface area (Å²) in [6, 6.07) is 9.89. The Labute approximate surface area is 185 Å². The quantitative estimate of drug-likeness (QED) is 0.550. The lowest BCUT2D eigenvalue weighted by atomic mass is 9.88. The van der Waals surface area contributed by atoms with E-state index in [-0.39, 0.29) is 17.5 Å². The molecule has 0 fully saturated rings. The number of ether oxygens (including phenoxy) is 1. The summed E-state index contributed by atoms with van der Waals surface area (Å²) in [4.78, 5) is 12.1. The van der Waals surface area contributed by atoms with Crippen LogP contribution in [0.1, 0.15) is 35.4 Å². The molecule has 0 saturated carbocycles. The molecule has 162 valence electrons. The number of carbonyl (C=O) groups is 1. The third kappa shape index (κ3) is 5.07. The second-order valence-electron chi connectivity index (χ2n) is 7.62. The van der Waals surface area contributed by atoms with Crippen molar-refractivity contribution in [3.63, 3.8) is 0 Å². The fourth-order valence-electron chi connectivity index (χ4n) is 3.75. The number of fused-ring (bicyclic) bond motifs is 1. The maximum atomic E-state index is 13.0. The lowest BCUT2D eigenvalue weighted by molar-refractivity contribution is -0.113. The molecule has 3 aromatic rings. The molecule has 0 radical (unpaired) electrons. The van der Waals surface area contributed by atoms with Gasteiger partial charge in [0.25, 0.3) is 0 Å². The molecule has 1 aromatic heterocycles. The van der Waals surface area contributed by atoms with Gasteiger partial charge in [0.1, 0.15) is 18.2 Å². The molecule has 0 saturated heterocycles. The minimum atomic E-state index is -0.341. The summed E-state index contributed by atoms with van der Waals surface area (Å²) in [6.45, 7) is 2.43. The molecule has 2 aromatic carbocycles. The number of aryl methyl sites for hydroxylation is 1. The standard InChI is InChI=1S/C23H25FN4O2S/c1-15-19-6-4-3-5-16(19)7-12-20(15)30-13-21-26-27-23(28(21)2)31-14-22(29)25-18-10-8-17(24)9-11-18/h7-12H,3-6,13-14H2,1-2H3,(H,25,29). The molecular formula is C23H25FN4O2S. The number of anilines is 1. The Morgan fingerprint density at radius 1 is 1.16 bits per heavy atom. The number of thioether (sulfide) groups is 1. The summed E-state index contributed by atoms with van der Waals surface area (Å²) < 4.78 is 20.9. The molecule has 31 heavy (non-hydrogen) atoms. The van der Waals surface area contributed by atoms with Gasteiger partial charge in [-0.05, 0) is 79.6 Å². The largest absolute Gasteiger partial charge is 0.485 e. The minimum Gasteiger partial charge on any atom is -0.485 e. The van der Waals surface area contributed by atoms with E-state index in [0.29, 0.717) is 23.3 Å². The maximum Gasteiger partial charge on any atom is 0.234 e. The van der Waals surface area contributed by atoms with Crippen LogP contribution in [-0.4, -0.2) is 26.4 Å². The van der Waals surface area contributed by atoms with Crippen molar-refractivity contribution in [2.75, 3.05) is 11.1 Å². The van der Waals surface area contributed by atoms with Gasteiger partial charge in [0.2, 0.25) is 5.91 Å². The first-order chi connectivity index (χ1) is 15.0. The number of nitrogens with zero attached hydrogens (tertiary/aromatic N) is 3. The molecule has 6 nitrogen and oxygen atoms in total. The van der Waals surface area contributed by atoms with Gasteiger partial charge in [-0.2, -0.15) is 0 Å². The lowest BCUT2D eigenvalue weighted by Gasteiger charge is -2.20. The summed E-state index contributed by atoms with van der Waals surface area (Å²) in [6.07, 6.45) is 4.75. The van der Waals surface area contributed by atoms with Gasteiger partial charge < -0.3 is 14.6 Å². The van der Waals surface area contributed by atoms with E-state index in [2.05, 4.69) is 28.5 Å². The van der Waals surface area contributed by atoms with Gasteiger partial charge in [-0.3, -0.25) is 4.79 Å².